The summed E-state index contributed by atoms with van der Waals surface area (Å²) in [7, 11) is 0. The number of aromatic amines is 1. The highest BCUT2D eigenvalue weighted by Gasteiger charge is 2.35. The highest BCUT2D eigenvalue weighted by Crippen LogP contribution is 2.40. The molecule has 39 heavy (non-hydrogen) atoms. The maximum Gasteiger partial charge on any atom is 0.416 e. The van der Waals surface area contributed by atoms with E-state index in [9.17, 15) is 27.9 Å². The normalized spacial score (nSPS) is 13.8. The van der Waals surface area contributed by atoms with Gasteiger partial charge in [-0.1, -0.05) is 74.8 Å². The zero-order valence-electron chi connectivity index (χ0n) is 21.6. The van der Waals surface area contributed by atoms with E-state index in [0.29, 0.717) is 22.0 Å². The number of aromatic nitrogens is 1. The first-order chi connectivity index (χ1) is 18.2. The number of halogens is 4. The molecule has 4 aromatic rings. The first-order valence-corrected chi connectivity index (χ1v) is 12.6. The van der Waals surface area contributed by atoms with Crippen molar-refractivity contribution < 1.29 is 27.9 Å². The number of primary amides is 1. The Kier molecular flexibility index (Phi) is 7.54. The monoisotopic (exact) mass is 556 g/mol. The Bertz CT molecular complexity index is 1540. The van der Waals surface area contributed by atoms with Crippen molar-refractivity contribution in [3.8, 4) is 0 Å². The number of benzene rings is 3. The van der Waals surface area contributed by atoms with Crippen LogP contribution in [0.4, 0.5) is 13.2 Å². The number of rotatable bonds is 7. The van der Waals surface area contributed by atoms with Crippen molar-refractivity contribution in [2.24, 2.45) is 5.73 Å². The van der Waals surface area contributed by atoms with E-state index < -0.39 is 35.5 Å². The minimum absolute atomic E-state index is 0.0147. The van der Waals surface area contributed by atoms with Crippen LogP contribution < -0.4 is 5.73 Å². The lowest BCUT2D eigenvalue weighted by Crippen LogP contribution is -2.28. The van der Waals surface area contributed by atoms with Crippen LogP contribution in [-0.4, -0.2) is 22.0 Å². The molecule has 0 bridgehead atoms. The van der Waals surface area contributed by atoms with E-state index in [-0.39, 0.29) is 28.0 Å². The maximum absolute atomic E-state index is 13.6. The molecule has 0 spiro atoms. The van der Waals surface area contributed by atoms with Crippen LogP contribution in [0.5, 0.6) is 0 Å². The van der Waals surface area contributed by atoms with Crippen LogP contribution in [0.1, 0.15) is 70.8 Å². The van der Waals surface area contributed by atoms with E-state index in [1.54, 1.807) is 12.3 Å². The number of carboxylic acids is 1. The number of alkyl halides is 3. The Labute approximate surface area is 228 Å². The van der Waals surface area contributed by atoms with Gasteiger partial charge in [0.05, 0.1) is 22.6 Å². The Morgan fingerprint density at radius 3 is 2.21 bits per heavy atom. The lowest BCUT2D eigenvalue weighted by molar-refractivity contribution is -0.137. The van der Waals surface area contributed by atoms with Gasteiger partial charge in [0.15, 0.2) is 0 Å². The standard InChI is InChI=1S/C30H28ClF3N2O3/c1-29(2,3)19-9-7-16(8-10-19)22(25(27(35)37)17-5-4-6-20(11-17)30(32,33)34)12-18-15-36-26-23(18)13-21(31)14-24(26)28(38)39/h4-11,13-15,22,25,36H,12H2,1-3H3,(H2,35,37)(H,38,39). The molecule has 0 aliphatic heterocycles. The van der Waals surface area contributed by atoms with E-state index in [0.717, 1.165) is 17.7 Å². The molecule has 1 heterocycles. The van der Waals surface area contributed by atoms with Crippen molar-refractivity contribution in [1.82, 2.24) is 4.98 Å². The molecule has 3 aromatic carbocycles. The van der Waals surface area contributed by atoms with E-state index in [4.69, 9.17) is 17.3 Å². The van der Waals surface area contributed by atoms with Crippen molar-refractivity contribution in [1.29, 1.82) is 0 Å². The van der Waals surface area contributed by atoms with Crippen molar-refractivity contribution in [3.05, 3.63) is 105 Å². The van der Waals surface area contributed by atoms with Gasteiger partial charge in [-0.25, -0.2) is 4.79 Å². The molecule has 0 aliphatic rings. The third-order valence-electron chi connectivity index (χ3n) is 7.00. The summed E-state index contributed by atoms with van der Waals surface area (Å²) in [5, 5.41) is 10.4. The third-order valence-corrected chi connectivity index (χ3v) is 7.22. The van der Waals surface area contributed by atoms with Crippen molar-refractivity contribution in [3.63, 3.8) is 0 Å². The molecule has 0 saturated carbocycles. The Morgan fingerprint density at radius 2 is 1.64 bits per heavy atom. The summed E-state index contributed by atoms with van der Waals surface area (Å²) in [6, 6.07) is 15.2. The molecule has 0 fully saturated rings. The van der Waals surface area contributed by atoms with Gasteiger partial charge in [-0.15, -0.1) is 0 Å². The minimum atomic E-state index is -4.59. The average molecular weight is 557 g/mol. The van der Waals surface area contributed by atoms with Gasteiger partial charge >= 0.3 is 12.1 Å². The summed E-state index contributed by atoms with van der Waals surface area (Å²) in [6.45, 7) is 6.18. The fourth-order valence-electron chi connectivity index (χ4n) is 4.99. The molecule has 0 radical (unpaired) electrons. The topological polar surface area (TPSA) is 96.2 Å². The summed E-state index contributed by atoms with van der Waals surface area (Å²) in [4.78, 5) is 27.7. The number of hydrogen-bond donors (Lipinski definition) is 3. The number of hydrogen-bond acceptors (Lipinski definition) is 2. The van der Waals surface area contributed by atoms with Crippen LogP contribution in [0, 0.1) is 0 Å². The molecule has 5 nitrogen and oxygen atoms in total. The molecular formula is C30H28ClF3N2O3. The molecular weight excluding hydrogens is 529 g/mol. The van der Waals surface area contributed by atoms with E-state index in [1.165, 1.54) is 18.2 Å². The van der Waals surface area contributed by atoms with Crippen molar-refractivity contribution in [2.75, 3.05) is 0 Å². The number of aromatic carboxylic acids is 1. The number of nitrogens with two attached hydrogens (primary N) is 1. The summed E-state index contributed by atoms with van der Waals surface area (Å²) in [5.41, 5.74) is 7.75. The largest absolute Gasteiger partial charge is 0.478 e. The van der Waals surface area contributed by atoms with Crippen LogP contribution in [0.25, 0.3) is 10.9 Å². The van der Waals surface area contributed by atoms with Gasteiger partial charge in [-0.2, -0.15) is 13.2 Å². The van der Waals surface area contributed by atoms with Gasteiger partial charge in [0, 0.05) is 22.5 Å². The van der Waals surface area contributed by atoms with Crippen molar-refractivity contribution in [2.45, 2.75) is 50.6 Å². The number of carbonyl (C=O) groups is 2. The zero-order chi connectivity index (χ0) is 28.7. The number of carboxylic acid groups (broad SMARTS) is 1. The second-order valence-electron chi connectivity index (χ2n) is 10.7. The Hall–Kier alpha value is -3.78. The molecule has 2 atom stereocenters. The first kappa shape index (κ1) is 28.2. The van der Waals surface area contributed by atoms with Gasteiger partial charge < -0.3 is 15.8 Å². The lowest BCUT2D eigenvalue weighted by Gasteiger charge is -2.27. The second-order valence-corrected chi connectivity index (χ2v) is 11.1. The summed E-state index contributed by atoms with van der Waals surface area (Å²) < 4.78 is 40.7. The van der Waals surface area contributed by atoms with Crippen LogP contribution >= 0.6 is 11.6 Å². The van der Waals surface area contributed by atoms with Gasteiger partial charge in [0.25, 0.3) is 0 Å². The van der Waals surface area contributed by atoms with Gasteiger partial charge in [-0.3, -0.25) is 4.79 Å². The number of nitrogens with one attached hydrogen (secondary N) is 1. The fraction of sp³-hybridized carbons (Fsp3) is 0.267. The Morgan fingerprint density at radius 1 is 0.974 bits per heavy atom. The van der Waals surface area contributed by atoms with Crippen molar-refractivity contribution >= 4 is 34.4 Å². The molecule has 2 unspecified atom stereocenters. The molecule has 1 aromatic heterocycles. The molecule has 9 heteroatoms. The molecule has 4 N–H and O–H groups in total. The maximum atomic E-state index is 13.6. The predicted molar refractivity (Wildman–Crippen MR) is 145 cm³/mol. The predicted octanol–water partition coefficient (Wildman–Crippen LogP) is 7.43. The summed E-state index contributed by atoms with van der Waals surface area (Å²) >= 11 is 6.22. The van der Waals surface area contributed by atoms with Crippen LogP contribution in [0.3, 0.4) is 0 Å². The quantitative estimate of drug-likeness (QED) is 0.221. The zero-order valence-corrected chi connectivity index (χ0v) is 22.3. The fourth-order valence-corrected chi connectivity index (χ4v) is 5.21. The van der Waals surface area contributed by atoms with E-state index in [1.807, 2.05) is 24.3 Å². The second kappa shape index (κ2) is 10.4. The molecule has 0 aliphatic carbocycles. The van der Waals surface area contributed by atoms with Gasteiger partial charge in [-0.05, 0) is 52.3 Å². The molecule has 0 saturated heterocycles. The summed E-state index contributed by atoms with van der Waals surface area (Å²) in [5.74, 6) is -3.70. The lowest BCUT2D eigenvalue weighted by atomic mass is 9.76. The number of carbonyl (C=O) groups excluding carboxylic acids is 1. The smallest absolute Gasteiger partial charge is 0.416 e. The van der Waals surface area contributed by atoms with E-state index >= 15 is 0 Å². The first-order valence-electron chi connectivity index (χ1n) is 12.3. The molecule has 1 amide bonds. The van der Waals surface area contributed by atoms with Gasteiger partial charge in [0.1, 0.15) is 0 Å². The highest BCUT2D eigenvalue weighted by atomic mass is 35.5. The highest BCUT2D eigenvalue weighted by molar-refractivity contribution is 6.32. The average Bonchev–Trinajstić information content (AvgIpc) is 3.24. The number of fused-ring (bicyclic) bond motifs is 1. The number of amides is 1. The van der Waals surface area contributed by atoms with E-state index in [2.05, 4.69) is 25.8 Å². The third kappa shape index (κ3) is 5.96. The summed E-state index contributed by atoms with van der Waals surface area (Å²) in [6.07, 6.45) is -2.78. The van der Waals surface area contributed by atoms with Crippen LogP contribution in [0.15, 0.2) is 66.9 Å². The number of H-pyrrole nitrogens is 1. The SMILES string of the molecule is CC(C)(C)c1ccc(C(Cc2c[nH]c3c(C(=O)O)cc(Cl)cc23)C(C(N)=O)c2cccc(C(F)(F)F)c2)cc1. The minimum Gasteiger partial charge on any atom is -0.478 e. The Balaban J connectivity index is 1.89. The van der Waals surface area contributed by atoms with Crippen LogP contribution in [-0.2, 0) is 22.8 Å². The van der Waals surface area contributed by atoms with Crippen LogP contribution in [0.2, 0.25) is 5.02 Å². The molecule has 204 valence electrons. The van der Waals surface area contributed by atoms with Gasteiger partial charge in [0.2, 0.25) is 5.91 Å². The molecule has 4 rings (SSSR count).